The fourth-order valence-electron chi connectivity index (χ4n) is 2.33. The number of piperidine rings is 1. The molecule has 0 radical (unpaired) electrons. The van der Waals surface area contributed by atoms with Gasteiger partial charge in [-0.05, 0) is 12.8 Å². The zero-order valence-corrected chi connectivity index (χ0v) is 14.3. The standard InChI is InChI=1S/C12H28N2OSi2/c1-16(2,3)10-14-9-7-8-11(12(14)15)13-17(4,5)6/h11,13H,7-10H2,1-6H3. The van der Waals surface area contributed by atoms with Crippen LogP contribution >= 0.6 is 0 Å². The van der Waals surface area contributed by atoms with Gasteiger partial charge in [0.15, 0.2) is 0 Å². The summed E-state index contributed by atoms with van der Waals surface area (Å²) >= 11 is 0. The van der Waals surface area contributed by atoms with Gasteiger partial charge in [-0.3, -0.25) is 4.79 Å². The van der Waals surface area contributed by atoms with Gasteiger partial charge in [-0.1, -0.05) is 39.3 Å². The lowest BCUT2D eigenvalue weighted by atomic mass is 10.1. The quantitative estimate of drug-likeness (QED) is 0.796. The first-order valence-electron chi connectivity index (χ1n) is 6.65. The Labute approximate surface area is 108 Å². The van der Waals surface area contributed by atoms with Gasteiger partial charge >= 0.3 is 0 Å². The summed E-state index contributed by atoms with van der Waals surface area (Å²) in [6.07, 6.45) is 3.18. The molecule has 17 heavy (non-hydrogen) atoms. The van der Waals surface area contributed by atoms with Crippen LogP contribution in [0.2, 0.25) is 39.3 Å². The maximum Gasteiger partial charge on any atom is 0.238 e. The van der Waals surface area contributed by atoms with Gasteiger partial charge in [0.25, 0.3) is 0 Å². The molecule has 0 spiro atoms. The minimum atomic E-state index is -1.36. The van der Waals surface area contributed by atoms with Crippen LogP contribution in [0, 0.1) is 0 Å². The van der Waals surface area contributed by atoms with Crippen LogP contribution in [0.1, 0.15) is 12.8 Å². The smallest absolute Gasteiger partial charge is 0.238 e. The largest absolute Gasteiger partial charge is 0.344 e. The van der Waals surface area contributed by atoms with Crippen molar-refractivity contribution in [1.82, 2.24) is 9.88 Å². The number of likely N-dealkylation sites (tertiary alicyclic amines) is 1. The van der Waals surface area contributed by atoms with Crippen molar-refractivity contribution in [2.45, 2.75) is 58.2 Å². The van der Waals surface area contributed by atoms with Gasteiger partial charge in [-0.25, -0.2) is 0 Å². The molecule has 1 amide bonds. The Bertz CT molecular complexity index is 255. The van der Waals surface area contributed by atoms with Crippen molar-refractivity contribution in [2.75, 3.05) is 12.7 Å². The normalized spacial score (nSPS) is 23.1. The summed E-state index contributed by atoms with van der Waals surface area (Å²) in [5.74, 6) is 0.348. The van der Waals surface area contributed by atoms with Crippen molar-refractivity contribution in [3.05, 3.63) is 0 Å². The lowest BCUT2D eigenvalue weighted by Gasteiger charge is -2.38. The summed E-state index contributed by atoms with van der Waals surface area (Å²) in [7, 11) is -2.55. The predicted octanol–water partition coefficient (Wildman–Crippen LogP) is 2.28. The molecular formula is C12H28N2OSi2. The lowest BCUT2D eigenvalue weighted by molar-refractivity contribution is -0.134. The molecule has 1 heterocycles. The van der Waals surface area contributed by atoms with E-state index >= 15 is 0 Å². The SMILES string of the molecule is C[Si](C)(C)CN1CCCC(N[Si](C)(C)C)C1=O. The number of carbonyl (C=O) groups is 1. The predicted molar refractivity (Wildman–Crippen MR) is 79.4 cm³/mol. The summed E-state index contributed by atoms with van der Waals surface area (Å²) in [5.41, 5.74) is 0. The number of amides is 1. The molecule has 5 heteroatoms. The van der Waals surface area contributed by atoms with Crippen molar-refractivity contribution in [3.8, 4) is 0 Å². The van der Waals surface area contributed by atoms with Gasteiger partial charge in [0.05, 0.1) is 14.1 Å². The Balaban J connectivity index is 2.63. The number of nitrogens with zero attached hydrogens (tertiary/aromatic N) is 1. The zero-order chi connectivity index (χ0) is 13.3. The molecule has 3 nitrogen and oxygen atoms in total. The van der Waals surface area contributed by atoms with Gasteiger partial charge in [0, 0.05) is 12.7 Å². The second-order valence-electron chi connectivity index (χ2n) is 7.41. The minimum absolute atomic E-state index is 0.0896. The average molecular weight is 273 g/mol. The summed E-state index contributed by atoms with van der Waals surface area (Å²) in [4.78, 5) is 18.1. The molecule has 1 N–H and O–H groups in total. The third kappa shape index (κ3) is 5.35. The fraction of sp³-hybridized carbons (Fsp3) is 0.917. The molecule has 0 bridgehead atoms. The molecule has 100 valence electrons. The van der Waals surface area contributed by atoms with Gasteiger partial charge in [-0.15, -0.1) is 0 Å². The highest BCUT2D eigenvalue weighted by Crippen LogP contribution is 2.16. The Kier molecular flexibility index (Phi) is 4.60. The third-order valence-corrected chi connectivity index (χ3v) is 5.35. The van der Waals surface area contributed by atoms with E-state index in [1.165, 1.54) is 0 Å². The second-order valence-corrected chi connectivity index (χ2v) is 17.6. The monoisotopic (exact) mass is 272 g/mol. The first-order valence-corrected chi connectivity index (χ1v) is 13.9. The molecule has 0 aromatic heterocycles. The Hall–Kier alpha value is -0.136. The maximum absolute atomic E-state index is 12.4. The molecule has 0 aromatic rings. The Morgan fingerprint density at radius 1 is 1.24 bits per heavy atom. The minimum Gasteiger partial charge on any atom is -0.344 e. The summed E-state index contributed by atoms with van der Waals surface area (Å²) in [6.45, 7) is 14.7. The van der Waals surface area contributed by atoms with E-state index in [0.29, 0.717) is 5.91 Å². The number of carbonyl (C=O) groups excluding carboxylic acids is 1. The van der Waals surface area contributed by atoms with Crippen molar-refractivity contribution in [3.63, 3.8) is 0 Å². The van der Waals surface area contributed by atoms with Crippen LogP contribution in [-0.2, 0) is 4.79 Å². The highest BCUT2D eigenvalue weighted by atomic mass is 28.3. The molecular weight excluding hydrogens is 244 g/mol. The molecule has 0 saturated carbocycles. The third-order valence-electron chi connectivity index (χ3n) is 2.80. The molecule has 1 saturated heterocycles. The summed E-state index contributed by atoms with van der Waals surface area (Å²) in [5, 5.41) is 0. The molecule has 1 aliphatic heterocycles. The van der Waals surface area contributed by atoms with E-state index in [0.717, 1.165) is 25.6 Å². The van der Waals surface area contributed by atoms with Crippen LogP contribution in [0.5, 0.6) is 0 Å². The highest BCUT2D eigenvalue weighted by Gasteiger charge is 2.33. The Morgan fingerprint density at radius 3 is 2.29 bits per heavy atom. The van der Waals surface area contributed by atoms with Crippen LogP contribution < -0.4 is 4.98 Å². The van der Waals surface area contributed by atoms with E-state index in [9.17, 15) is 4.79 Å². The topological polar surface area (TPSA) is 32.3 Å². The summed E-state index contributed by atoms with van der Waals surface area (Å²) in [6, 6.07) is 0.0896. The zero-order valence-electron chi connectivity index (χ0n) is 12.3. The second kappa shape index (κ2) is 5.24. The highest BCUT2D eigenvalue weighted by molar-refractivity contribution is 6.76. The molecule has 1 aliphatic rings. The first kappa shape index (κ1) is 14.9. The van der Waals surface area contributed by atoms with E-state index in [4.69, 9.17) is 0 Å². The lowest BCUT2D eigenvalue weighted by Crippen LogP contribution is -2.59. The molecule has 1 fully saturated rings. The molecule has 1 rings (SSSR count). The maximum atomic E-state index is 12.4. The first-order chi connectivity index (χ1) is 7.58. The van der Waals surface area contributed by atoms with Crippen LogP contribution in [-0.4, -0.2) is 45.9 Å². The van der Waals surface area contributed by atoms with Crippen LogP contribution in [0.4, 0.5) is 0 Å². The molecule has 0 aliphatic carbocycles. The molecule has 1 unspecified atom stereocenters. The average Bonchev–Trinajstić information content (AvgIpc) is 2.07. The Morgan fingerprint density at radius 2 is 1.82 bits per heavy atom. The van der Waals surface area contributed by atoms with Gasteiger partial charge in [0.2, 0.25) is 5.91 Å². The van der Waals surface area contributed by atoms with Crippen LogP contribution in [0.3, 0.4) is 0 Å². The molecule has 0 aromatic carbocycles. The fourth-order valence-corrected chi connectivity index (χ4v) is 5.10. The number of nitrogens with one attached hydrogen (secondary N) is 1. The van der Waals surface area contributed by atoms with E-state index < -0.39 is 16.3 Å². The van der Waals surface area contributed by atoms with Crippen LogP contribution in [0.15, 0.2) is 0 Å². The van der Waals surface area contributed by atoms with Crippen molar-refractivity contribution < 1.29 is 4.79 Å². The van der Waals surface area contributed by atoms with Crippen molar-refractivity contribution >= 4 is 22.2 Å². The van der Waals surface area contributed by atoms with E-state index in [-0.39, 0.29) is 6.04 Å². The van der Waals surface area contributed by atoms with Gasteiger partial charge < -0.3 is 9.88 Å². The van der Waals surface area contributed by atoms with E-state index in [1.807, 2.05) is 0 Å². The number of rotatable bonds is 4. The van der Waals surface area contributed by atoms with E-state index in [1.54, 1.807) is 0 Å². The van der Waals surface area contributed by atoms with Crippen molar-refractivity contribution in [1.29, 1.82) is 0 Å². The number of hydrogen-bond acceptors (Lipinski definition) is 2. The number of hydrogen-bond donors (Lipinski definition) is 1. The molecule has 1 atom stereocenters. The van der Waals surface area contributed by atoms with Crippen molar-refractivity contribution in [2.24, 2.45) is 0 Å². The van der Waals surface area contributed by atoms with Gasteiger partial charge in [-0.2, -0.15) is 0 Å². The summed E-state index contributed by atoms with van der Waals surface area (Å²) < 4.78 is 0. The van der Waals surface area contributed by atoms with Gasteiger partial charge in [0.1, 0.15) is 8.24 Å². The van der Waals surface area contributed by atoms with Crippen LogP contribution in [0.25, 0.3) is 0 Å². The van der Waals surface area contributed by atoms with E-state index in [2.05, 4.69) is 49.2 Å².